The van der Waals surface area contributed by atoms with E-state index in [-0.39, 0.29) is 0 Å². The lowest BCUT2D eigenvalue weighted by molar-refractivity contribution is 0.112. The Morgan fingerprint density at radius 2 is 2.21 bits per heavy atom. The zero-order chi connectivity index (χ0) is 13.7. The molecule has 0 spiro atoms. The van der Waals surface area contributed by atoms with E-state index < -0.39 is 0 Å². The molecule has 1 unspecified atom stereocenters. The second-order valence-electron chi connectivity index (χ2n) is 5.31. The molecule has 0 amide bonds. The van der Waals surface area contributed by atoms with Crippen LogP contribution in [0.15, 0.2) is 0 Å². The molecule has 0 bridgehead atoms. The molecule has 3 nitrogen and oxygen atoms in total. The summed E-state index contributed by atoms with van der Waals surface area (Å²) >= 11 is 1.58. The normalized spacial score (nSPS) is 19.7. The van der Waals surface area contributed by atoms with E-state index >= 15 is 0 Å². The van der Waals surface area contributed by atoms with Gasteiger partial charge >= 0.3 is 0 Å². The zero-order valence-electron chi connectivity index (χ0n) is 12.0. The molecular weight excluding hydrogens is 256 g/mol. The molecule has 1 aromatic heterocycles. The van der Waals surface area contributed by atoms with E-state index in [0.29, 0.717) is 6.04 Å². The number of rotatable bonds is 6. The lowest BCUT2D eigenvalue weighted by atomic mass is 9.99. The number of carbonyl (C=O) groups excluding carboxylic acids is 1. The lowest BCUT2D eigenvalue weighted by Crippen LogP contribution is -2.39. The second kappa shape index (κ2) is 7.04. The number of nitrogens with zero attached hydrogens (tertiary/aromatic N) is 2. The Kier molecular flexibility index (Phi) is 5.37. The predicted molar refractivity (Wildman–Crippen MR) is 81.4 cm³/mol. The van der Waals surface area contributed by atoms with Crippen molar-refractivity contribution in [1.82, 2.24) is 4.98 Å². The summed E-state index contributed by atoms with van der Waals surface area (Å²) in [5.74, 6) is 0. The molecule has 2 rings (SSSR count). The lowest BCUT2D eigenvalue weighted by Gasteiger charge is -2.35. The fourth-order valence-electron chi connectivity index (χ4n) is 2.87. The summed E-state index contributed by atoms with van der Waals surface area (Å²) < 4.78 is 0. The van der Waals surface area contributed by atoms with Gasteiger partial charge in [0.2, 0.25) is 0 Å². The van der Waals surface area contributed by atoms with Crippen molar-refractivity contribution in [2.75, 3.05) is 11.4 Å². The highest BCUT2D eigenvalue weighted by molar-refractivity contribution is 7.17. The van der Waals surface area contributed by atoms with E-state index in [9.17, 15) is 4.79 Å². The van der Waals surface area contributed by atoms with Gasteiger partial charge in [0.25, 0.3) is 0 Å². The molecule has 0 saturated carbocycles. The summed E-state index contributed by atoms with van der Waals surface area (Å²) in [5, 5.41) is 1.07. The van der Waals surface area contributed by atoms with Crippen molar-refractivity contribution in [3.63, 3.8) is 0 Å². The van der Waals surface area contributed by atoms with Gasteiger partial charge in [-0.3, -0.25) is 4.79 Å². The summed E-state index contributed by atoms with van der Waals surface area (Å²) in [6, 6.07) is 0.624. The van der Waals surface area contributed by atoms with Gasteiger partial charge in [-0.1, -0.05) is 38.0 Å². The van der Waals surface area contributed by atoms with Crippen molar-refractivity contribution >= 4 is 22.8 Å². The van der Waals surface area contributed by atoms with Gasteiger partial charge in [0.15, 0.2) is 11.4 Å². The summed E-state index contributed by atoms with van der Waals surface area (Å²) in [6.07, 6.45) is 9.24. The molecular formula is C15H24N2OS. The average Bonchev–Trinajstić information content (AvgIpc) is 2.83. The first-order chi connectivity index (χ1) is 9.30. The van der Waals surface area contributed by atoms with Crippen LogP contribution < -0.4 is 4.90 Å². The Hall–Kier alpha value is -0.900. The third kappa shape index (κ3) is 3.35. The third-order valence-corrected chi connectivity index (χ3v) is 4.86. The summed E-state index contributed by atoms with van der Waals surface area (Å²) in [4.78, 5) is 19.2. The van der Waals surface area contributed by atoms with Gasteiger partial charge in [-0.25, -0.2) is 4.98 Å². The average molecular weight is 280 g/mol. The molecule has 19 heavy (non-hydrogen) atoms. The van der Waals surface area contributed by atoms with Gasteiger partial charge in [0.1, 0.15) is 0 Å². The van der Waals surface area contributed by atoms with Gasteiger partial charge < -0.3 is 4.90 Å². The maximum absolute atomic E-state index is 11.2. The van der Waals surface area contributed by atoms with Crippen molar-refractivity contribution in [1.29, 1.82) is 0 Å². The molecule has 1 aromatic rings. The quantitative estimate of drug-likeness (QED) is 0.737. The first-order valence-corrected chi connectivity index (χ1v) is 8.33. The Labute approximate surface area is 120 Å². The number of aromatic nitrogens is 1. The highest BCUT2D eigenvalue weighted by Crippen LogP contribution is 2.32. The maximum atomic E-state index is 11.2. The van der Waals surface area contributed by atoms with Gasteiger partial charge in [0.05, 0.1) is 10.6 Å². The van der Waals surface area contributed by atoms with E-state index in [2.05, 4.69) is 18.7 Å². The molecule has 1 atom stereocenters. The van der Waals surface area contributed by atoms with Crippen LogP contribution in [0.5, 0.6) is 0 Å². The molecule has 106 valence electrons. The maximum Gasteiger partial charge on any atom is 0.186 e. The number of piperidine rings is 1. The highest BCUT2D eigenvalue weighted by Gasteiger charge is 2.25. The van der Waals surface area contributed by atoms with Crippen molar-refractivity contribution in [2.24, 2.45) is 0 Å². The zero-order valence-corrected chi connectivity index (χ0v) is 12.8. The van der Waals surface area contributed by atoms with Crippen LogP contribution in [-0.4, -0.2) is 23.9 Å². The van der Waals surface area contributed by atoms with Crippen LogP contribution in [0.25, 0.3) is 0 Å². The number of aryl methyl sites for hydroxylation is 1. The number of carbonyl (C=O) groups is 1. The van der Waals surface area contributed by atoms with Gasteiger partial charge in [0, 0.05) is 12.6 Å². The fraction of sp³-hybridized carbons (Fsp3) is 0.733. The second-order valence-corrected chi connectivity index (χ2v) is 6.32. The van der Waals surface area contributed by atoms with Crippen LogP contribution in [0, 0.1) is 0 Å². The minimum Gasteiger partial charge on any atom is -0.345 e. The highest BCUT2D eigenvalue weighted by atomic mass is 32.1. The molecule has 1 saturated heterocycles. The molecule has 4 heteroatoms. The molecule has 1 aliphatic heterocycles. The van der Waals surface area contributed by atoms with E-state index in [4.69, 9.17) is 4.98 Å². The fourth-order valence-corrected chi connectivity index (χ4v) is 3.89. The number of anilines is 1. The van der Waals surface area contributed by atoms with Gasteiger partial charge in [-0.15, -0.1) is 0 Å². The van der Waals surface area contributed by atoms with Crippen LogP contribution in [0.2, 0.25) is 0 Å². The van der Waals surface area contributed by atoms with E-state index in [1.165, 1.54) is 32.1 Å². The number of hydrogen-bond acceptors (Lipinski definition) is 4. The molecule has 1 fully saturated rings. The number of thiazole rings is 1. The van der Waals surface area contributed by atoms with Crippen molar-refractivity contribution in [2.45, 2.75) is 64.8 Å². The van der Waals surface area contributed by atoms with Crippen LogP contribution in [0.1, 0.15) is 67.7 Å². The Balaban J connectivity index is 2.20. The molecule has 0 radical (unpaired) electrons. The van der Waals surface area contributed by atoms with E-state index in [0.717, 1.165) is 41.4 Å². The molecule has 2 heterocycles. The smallest absolute Gasteiger partial charge is 0.186 e. The number of aldehydes is 1. The molecule has 0 aliphatic carbocycles. The Morgan fingerprint density at radius 1 is 1.37 bits per heavy atom. The minimum absolute atomic E-state index is 0.624. The molecule has 1 aliphatic rings. The van der Waals surface area contributed by atoms with Gasteiger partial charge in [-0.05, 0) is 32.1 Å². The summed E-state index contributed by atoms with van der Waals surface area (Å²) in [7, 11) is 0. The SMILES string of the molecule is CCCc1nc(N2CCCCC2CCC)sc1C=O. The largest absolute Gasteiger partial charge is 0.345 e. The van der Waals surface area contributed by atoms with Crippen LogP contribution >= 0.6 is 11.3 Å². The van der Waals surface area contributed by atoms with Crippen LogP contribution in [0.4, 0.5) is 5.13 Å². The number of hydrogen-bond donors (Lipinski definition) is 0. The van der Waals surface area contributed by atoms with Crippen LogP contribution in [0.3, 0.4) is 0 Å². The van der Waals surface area contributed by atoms with Crippen molar-refractivity contribution < 1.29 is 4.79 Å². The Morgan fingerprint density at radius 3 is 2.89 bits per heavy atom. The van der Waals surface area contributed by atoms with E-state index in [1.807, 2.05) is 0 Å². The van der Waals surface area contributed by atoms with Crippen LogP contribution in [-0.2, 0) is 6.42 Å². The van der Waals surface area contributed by atoms with Crippen molar-refractivity contribution in [3.8, 4) is 0 Å². The standard InChI is InChI=1S/C15H24N2OS/c1-3-7-12-9-5-6-10-17(12)15-16-13(8-4-2)14(11-18)19-15/h11-12H,3-10H2,1-2H3. The predicted octanol–water partition coefficient (Wildman–Crippen LogP) is 4.07. The first-order valence-electron chi connectivity index (χ1n) is 7.51. The van der Waals surface area contributed by atoms with E-state index in [1.54, 1.807) is 11.3 Å². The molecule has 0 aromatic carbocycles. The third-order valence-electron chi connectivity index (χ3n) is 3.80. The Bertz CT molecular complexity index is 414. The minimum atomic E-state index is 0.624. The first kappa shape index (κ1) is 14.5. The summed E-state index contributed by atoms with van der Waals surface area (Å²) in [5.41, 5.74) is 0.998. The van der Waals surface area contributed by atoms with Crippen molar-refractivity contribution in [3.05, 3.63) is 10.6 Å². The topological polar surface area (TPSA) is 33.2 Å². The summed E-state index contributed by atoms with van der Waals surface area (Å²) in [6.45, 7) is 5.48. The monoisotopic (exact) mass is 280 g/mol. The van der Waals surface area contributed by atoms with Gasteiger partial charge in [-0.2, -0.15) is 0 Å². The molecule has 0 N–H and O–H groups in total.